The molecule has 6 heteroatoms. The molecule has 110 valence electrons. The molecule has 2 bridgehead atoms. The van der Waals surface area contributed by atoms with Gasteiger partial charge in [-0.05, 0) is 45.6 Å². The third kappa shape index (κ3) is 3.00. The molecule has 2 aliphatic heterocycles. The van der Waals surface area contributed by atoms with Gasteiger partial charge in [-0.3, -0.25) is 9.89 Å². The van der Waals surface area contributed by atoms with E-state index in [4.69, 9.17) is 0 Å². The lowest BCUT2D eigenvalue weighted by molar-refractivity contribution is -0.122. The first-order chi connectivity index (χ1) is 9.72. The van der Waals surface area contributed by atoms with Gasteiger partial charge in [-0.15, -0.1) is 5.10 Å². The Morgan fingerprint density at radius 2 is 2.20 bits per heavy atom. The van der Waals surface area contributed by atoms with Crippen LogP contribution in [0.25, 0.3) is 0 Å². The van der Waals surface area contributed by atoms with Gasteiger partial charge in [0.25, 0.3) is 0 Å². The molecule has 2 saturated heterocycles. The lowest BCUT2D eigenvalue weighted by Gasteiger charge is -2.36. The van der Waals surface area contributed by atoms with Gasteiger partial charge in [0.1, 0.15) is 0 Å². The Labute approximate surface area is 119 Å². The lowest BCUT2D eigenvalue weighted by Crippen LogP contribution is -2.48. The van der Waals surface area contributed by atoms with Gasteiger partial charge >= 0.3 is 0 Å². The van der Waals surface area contributed by atoms with Crippen molar-refractivity contribution in [2.75, 3.05) is 7.05 Å². The molecule has 3 heterocycles. The molecular formula is C14H23N5O. The van der Waals surface area contributed by atoms with Crippen LogP contribution < -0.4 is 5.32 Å². The largest absolute Gasteiger partial charge is 0.353 e. The molecule has 0 aromatic carbocycles. The number of carbonyl (C=O) groups is 1. The van der Waals surface area contributed by atoms with E-state index in [9.17, 15) is 4.79 Å². The molecule has 0 radical (unpaired) electrons. The van der Waals surface area contributed by atoms with E-state index in [1.165, 1.54) is 12.8 Å². The number of fused-ring (bicyclic) bond motifs is 2. The average molecular weight is 277 g/mol. The molecular weight excluding hydrogens is 254 g/mol. The van der Waals surface area contributed by atoms with Crippen LogP contribution in [0.5, 0.6) is 0 Å². The Kier molecular flexibility index (Phi) is 4.00. The maximum absolute atomic E-state index is 12.0. The summed E-state index contributed by atoms with van der Waals surface area (Å²) < 4.78 is 0. The Morgan fingerprint density at radius 1 is 1.45 bits per heavy atom. The van der Waals surface area contributed by atoms with E-state index >= 15 is 0 Å². The normalized spacial score (nSPS) is 29.6. The fourth-order valence-corrected chi connectivity index (χ4v) is 3.61. The minimum absolute atomic E-state index is 0.183. The minimum atomic E-state index is 0.183. The Bertz CT molecular complexity index is 432. The SMILES string of the molecule is CN1C2CCC1CC(NC(=O)CCCc1c[nH]nn1)C2. The van der Waals surface area contributed by atoms with E-state index < -0.39 is 0 Å². The summed E-state index contributed by atoms with van der Waals surface area (Å²) in [5.41, 5.74) is 0.926. The molecule has 1 amide bonds. The van der Waals surface area contributed by atoms with Crippen molar-refractivity contribution >= 4 is 5.91 Å². The highest BCUT2D eigenvalue weighted by Crippen LogP contribution is 2.34. The zero-order valence-electron chi connectivity index (χ0n) is 12.0. The standard InChI is InChI=1S/C14H23N5O/c1-19-12-5-6-13(19)8-11(7-12)16-14(20)4-2-3-10-9-15-18-17-10/h9,11-13H,2-8H2,1H3,(H,16,20)(H,15,17,18). The zero-order valence-corrected chi connectivity index (χ0v) is 12.0. The number of piperidine rings is 1. The number of hydrogen-bond acceptors (Lipinski definition) is 4. The lowest BCUT2D eigenvalue weighted by atomic mass is 9.98. The first kappa shape index (κ1) is 13.5. The summed E-state index contributed by atoms with van der Waals surface area (Å²) in [5.74, 6) is 0.183. The highest BCUT2D eigenvalue weighted by Gasteiger charge is 2.38. The molecule has 1 aromatic rings. The second-order valence-electron chi connectivity index (χ2n) is 6.10. The predicted octanol–water partition coefficient (Wildman–Crippen LogP) is 0.869. The number of H-pyrrole nitrogens is 1. The van der Waals surface area contributed by atoms with E-state index in [-0.39, 0.29) is 5.91 Å². The third-order valence-electron chi connectivity index (χ3n) is 4.77. The molecule has 2 N–H and O–H groups in total. The molecule has 0 aliphatic carbocycles. The van der Waals surface area contributed by atoms with Crippen LogP contribution in [-0.2, 0) is 11.2 Å². The van der Waals surface area contributed by atoms with Crippen LogP contribution in [0.3, 0.4) is 0 Å². The van der Waals surface area contributed by atoms with Crippen molar-refractivity contribution in [3.05, 3.63) is 11.9 Å². The summed E-state index contributed by atoms with van der Waals surface area (Å²) in [4.78, 5) is 14.5. The van der Waals surface area contributed by atoms with Gasteiger partial charge in [0, 0.05) is 30.7 Å². The van der Waals surface area contributed by atoms with E-state index in [1.807, 2.05) is 0 Å². The predicted molar refractivity (Wildman–Crippen MR) is 75.1 cm³/mol. The van der Waals surface area contributed by atoms with Crippen LogP contribution in [0.1, 0.15) is 44.2 Å². The van der Waals surface area contributed by atoms with Gasteiger partial charge in [0.2, 0.25) is 5.91 Å². The molecule has 2 atom stereocenters. The van der Waals surface area contributed by atoms with Crippen LogP contribution in [-0.4, -0.2) is 51.4 Å². The van der Waals surface area contributed by atoms with E-state index in [0.29, 0.717) is 24.5 Å². The molecule has 1 aromatic heterocycles. The highest BCUT2D eigenvalue weighted by atomic mass is 16.1. The number of nitrogens with zero attached hydrogens (tertiary/aromatic N) is 3. The zero-order chi connectivity index (χ0) is 13.9. The topological polar surface area (TPSA) is 73.9 Å². The second-order valence-corrected chi connectivity index (χ2v) is 6.10. The summed E-state index contributed by atoms with van der Waals surface area (Å²) in [6, 6.07) is 1.73. The van der Waals surface area contributed by atoms with Crippen LogP contribution in [0.2, 0.25) is 0 Å². The van der Waals surface area contributed by atoms with Crippen LogP contribution >= 0.6 is 0 Å². The number of carbonyl (C=O) groups excluding carboxylic acids is 1. The molecule has 3 rings (SSSR count). The van der Waals surface area contributed by atoms with Crippen molar-refractivity contribution in [1.82, 2.24) is 25.6 Å². The van der Waals surface area contributed by atoms with E-state index in [0.717, 1.165) is 31.4 Å². The highest BCUT2D eigenvalue weighted by molar-refractivity contribution is 5.76. The first-order valence-electron chi connectivity index (χ1n) is 7.59. The number of aromatic amines is 1. The summed E-state index contributed by atoms with van der Waals surface area (Å²) >= 11 is 0. The molecule has 6 nitrogen and oxygen atoms in total. The van der Waals surface area contributed by atoms with Crippen LogP contribution in [0.4, 0.5) is 0 Å². The van der Waals surface area contributed by atoms with Gasteiger partial charge < -0.3 is 10.2 Å². The maximum atomic E-state index is 12.0. The molecule has 2 fully saturated rings. The molecule has 2 unspecified atom stereocenters. The van der Waals surface area contributed by atoms with Crippen LogP contribution in [0, 0.1) is 0 Å². The van der Waals surface area contributed by atoms with Gasteiger partial charge in [-0.25, -0.2) is 0 Å². The van der Waals surface area contributed by atoms with Crippen molar-refractivity contribution in [2.24, 2.45) is 0 Å². The number of rotatable bonds is 5. The Morgan fingerprint density at radius 3 is 2.85 bits per heavy atom. The van der Waals surface area contributed by atoms with Gasteiger partial charge in [0.15, 0.2) is 0 Å². The number of aryl methyl sites for hydroxylation is 1. The van der Waals surface area contributed by atoms with Crippen molar-refractivity contribution < 1.29 is 4.79 Å². The smallest absolute Gasteiger partial charge is 0.220 e. The number of nitrogens with one attached hydrogen (secondary N) is 2. The number of hydrogen-bond donors (Lipinski definition) is 2. The molecule has 2 aliphatic rings. The van der Waals surface area contributed by atoms with Crippen molar-refractivity contribution in [3.63, 3.8) is 0 Å². The van der Waals surface area contributed by atoms with Gasteiger partial charge in [0.05, 0.1) is 5.69 Å². The van der Waals surface area contributed by atoms with Crippen LogP contribution in [0.15, 0.2) is 6.20 Å². The molecule has 0 saturated carbocycles. The fourth-order valence-electron chi connectivity index (χ4n) is 3.61. The summed E-state index contributed by atoms with van der Waals surface area (Å²) in [6.07, 6.45) is 8.81. The maximum Gasteiger partial charge on any atom is 0.220 e. The minimum Gasteiger partial charge on any atom is -0.353 e. The molecule has 0 spiro atoms. The molecule has 20 heavy (non-hydrogen) atoms. The van der Waals surface area contributed by atoms with Gasteiger partial charge in [-0.2, -0.15) is 0 Å². The van der Waals surface area contributed by atoms with Crippen molar-refractivity contribution in [2.45, 2.75) is 63.1 Å². The Hall–Kier alpha value is -1.43. The summed E-state index contributed by atoms with van der Waals surface area (Å²) in [5, 5.41) is 13.5. The first-order valence-corrected chi connectivity index (χ1v) is 7.59. The quantitative estimate of drug-likeness (QED) is 0.837. The number of aromatic nitrogens is 3. The summed E-state index contributed by atoms with van der Waals surface area (Å²) in [7, 11) is 2.22. The monoisotopic (exact) mass is 277 g/mol. The van der Waals surface area contributed by atoms with E-state index in [1.54, 1.807) is 6.20 Å². The van der Waals surface area contributed by atoms with Gasteiger partial charge in [-0.1, -0.05) is 5.21 Å². The van der Waals surface area contributed by atoms with Crippen molar-refractivity contribution in [3.8, 4) is 0 Å². The van der Waals surface area contributed by atoms with E-state index in [2.05, 4.69) is 32.7 Å². The fraction of sp³-hybridized carbons (Fsp3) is 0.786. The third-order valence-corrected chi connectivity index (χ3v) is 4.77. The average Bonchev–Trinajstić information content (AvgIpc) is 2.98. The Balaban J connectivity index is 1.39. The second kappa shape index (κ2) is 5.91. The summed E-state index contributed by atoms with van der Waals surface area (Å²) in [6.45, 7) is 0. The van der Waals surface area contributed by atoms with Crippen molar-refractivity contribution in [1.29, 1.82) is 0 Å². The number of amides is 1.